The van der Waals surface area contributed by atoms with Gasteiger partial charge in [-0.3, -0.25) is 0 Å². The van der Waals surface area contributed by atoms with Crippen molar-refractivity contribution in [2.24, 2.45) is 5.41 Å². The molecule has 1 N–H and O–H groups in total. The second-order valence-electron chi connectivity index (χ2n) is 6.17. The van der Waals surface area contributed by atoms with Crippen LogP contribution in [0.5, 0.6) is 0 Å². The molecular formula is C15H21N3O2. The predicted octanol–water partition coefficient (Wildman–Crippen LogP) is 2.36. The van der Waals surface area contributed by atoms with Gasteiger partial charge in [-0.1, -0.05) is 0 Å². The number of hydrogen-bond acceptors (Lipinski definition) is 3. The Morgan fingerprint density at radius 1 is 1.35 bits per heavy atom. The number of pyridine rings is 1. The van der Waals surface area contributed by atoms with Crippen molar-refractivity contribution in [3.05, 3.63) is 23.9 Å². The molecule has 0 radical (unpaired) electrons. The second kappa shape index (κ2) is 4.96. The Balaban J connectivity index is 1.76. The number of carboxylic acid groups (broad SMARTS) is 1. The van der Waals surface area contributed by atoms with Crippen molar-refractivity contribution >= 4 is 11.9 Å². The lowest BCUT2D eigenvalue weighted by atomic mass is 9.79. The van der Waals surface area contributed by atoms with Gasteiger partial charge in [-0.05, 0) is 43.9 Å². The first-order valence-corrected chi connectivity index (χ1v) is 7.24. The van der Waals surface area contributed by atoms with E-state index in [2.05, 4.69) is 22.9 Å². The zero-order valence-corrected chi connectivity index (χ0v) is 11.9. The highest BCUT2D eigenvalue weighted by molar-refractivity contribution is 5.65. The summed E-state index contributed by atoms with van der Waals surface area (Å²) in [5, 5.41) is 9.15. The highest BCUT2D eigenvalue weighted by atomic mass is 16.4. The van der Waals surface area contributed by atoms with E-state index in [9.17, 15) is 4.79 Å². The first-order chi connectivity index (χ1) is 9.58. The van der Waals surface area contributed by atoms with E-state index in [-0.39, 0.29) is 5.41 Å². The van der Waals surface area contributed by atoms with Gasteiger partial charge in [-0.15, -0.1) is 0 Å². The van der Waals surface area contributed by atoms with Gasteiger partial charge in [-0.25, -0.2) is 9.78 Å². The highest BCUT2D eigenvalue weighted by Crippen LogP contribution is 2.39. The predicted molar refractivity (Wildman–Crippen MR) is 77.1 cm³/mol. The molecule has 3 heterocycles. The van der Waals surface area contributed by atoms with Crippen LogP contribution in [0.4, 0.5) is 10.6 Å². The first kappa shape index (κ1) is 13.2. The molecule has 3 rings (SSSR count). The lowest BCUT2D eigenvalue weighted by Gasteiger charge is -2.40. The average Bonchev–Trinajstić information content (AvgIpc) is 2.83. The normalized spacial score (nSPS) is 26.2. The van der Waals surface area contributed by atoms with E-state index < -0.39 is 6.09 Å². The molecule has 2 fully saturated rings. The minimum atomic E-state index is -0.785. The summed E-state index contributed by atoms with van der Waals surface area (Å²) in [6.45, 7) is 5.36. The molecule has 20 heavy (non-hydrogen) atoms. The van der Waals surface area contributed by atoms with Crippen molar-refractivity contribution in [1.82, 2.24) is 9.88 Å². The maximum Gasteiger partial charge on any atom is 0.407 e. The van der Waals surface area contributed by atoms with Crippen LogP contribution < -0.4 is 4.90 Å². The van der Waals surface area contributed by atoms with Gasteiger partial charge in [-0.2, -0.15) is 0 Å². The first-order valence-electron chi connectivity index (χ1n) is 7.24. The van der Waals surface area contributed by atoms with Gasteiger partial charge < -0.3 is 14.9 Å². The number of nitrogens with zero attached hydrogens (tertiary/aromatic N) is 3. The van der Waals surface area contributed by atoms with E-state index in [4.69, 9.17) is 5.11 Å². The smallest absolute Gasteiger partial charge is 0.407 e. The zero-order valence-electron chi connectivity index (χ0n) is 11.9. The third-order valence-electron chi connectivity index (χ3n) is 4.60. The number of piperidine rings is 1. The minimum Gasteiger partial charge on any atom is -0.465 e. The van der Waals surface area contributed by atoms with Gasteiger partial charge in [0.15, 0.2) is 0 Å². The molecule has 2 aliphatic heterocycles. The molecule has 2 aliphatic rings. The van der Waals surface area contributed by atoms with Crippen molar-refractivity contribution in [2.45, 2.75) is 26.2 Å². The van der Waals surface area contributed by atoms with E-state index in [1.807, 2.05) is 12.3 Å². The molecule has 5 heteroatoms. The van der Waals surface area contributed by atoms with E-state index in [1.165, 1.54) is 5.56 Å². The largest absolute Gasteiger partial charge is 0.465 e. The van der Waals surface area contributed by atoms with Crippen molar-refractivity contribution < 1.29 is 9.90 Å². The molecule has 0 aliphatic carbocycles. The van der Waals surface area contributed by atoms with Crippen LogP contribution in [0, 0.1) is 12.3 Å². The SMILES string of the molecule is Cc1ccnc(N2CCCC3(CCN(C(=O)O)C3)C2)c1. The lowest BCUT2D eigenvalue weighted by molar-refractivity contribution is 0.145. The van der Waals surface area contributed by atoms with Crippen LogP contribution in [0.25, 0.3) is 0 Å². The fraction of sp³-hybridized carbons (Fsp3) is 0.600. The molecule has 0 saturated carbocycles. The summed E-state index contributed by atoms with van der Waals surface area (Å²) in [7, 11) is 0. The lowest BCUT2D eigenvalue weighted by Crippen LogP contribution is -2.45. The minimum absolute atomic E-state index is 0.127. The van der Waals surface area contributed by atoms with Gasteiger partial charge >= 0.3 is 6.09 Å². The fourth-order valence-corrected chi connectivity index (χ4v) is 3.53. The third-order valence-corrected chi connectivity index (χ3v) is 4.60. The van der Waals surface area contributed by atoms with Gasteiger partial charge in [0.05, 0.1) is 0 Å². The van der Waals surface area contributed by atoms with Crippen LogP contribution in [0.15, 0.2) is 18.3 Å². The average molecular weight is 275 g/mol. The quantitative estimate of drug-likeness (QED) is 0.855. The van der Waals surface area contributed by atoms with Gasteiger partial charge in [0.2, 0.25) is 0 Å². The number of anilines is 1. The van der Waals surface area contributed by atoms with E-state index in [0.717, 1.165) is 38.2 Å². The molecule has 1 atom stereocenters. The van der Waals surface area contributed by atoms with E-state index in [1.54, 1.807) is 4.90 Å². The maximum absolute atomic E-state index is 11.1. The van der Waals surface area contributed by atoms with Gasteiger partial charge in [0, 0.05) is 37.8 Å². The number of aromatic nitrogens is 1. The Bertz CT molecular complexity index is 520. The van der Waals surface area contributed by atoms with E-state index in [0.29, 0.717) is 13.1 Å². The Kier molecular flexibility index (Phi) is 3.28. The maximum atomic E-state index is 11.1. The molecule has 108 valence electrons. The Hall–Kier alpha value is -1.78. The number of rotatable bonds is 1. The van der Waals surface area contributed by atoms with Gasteiger partial charge in [0.25, 0.3) is 0 Å². The standard InChI is InChI=1S/C15H21N3O2/c1-12-3-6-16-13(9-12)17-7-2-4-15(10-17)5-8-18(11-15)14(19)20/h3,6,9H,2,4-5,7-8,10-11H2,1H3,(H,19,20). The van der Waals surface area contributed by atoms with E-state index >= 15 is 0 Å². The molecule has 1 aromatic rings. The summed E-state index contributed by atoms with van der Waals surface area (Å²) in [5.41, 5.74) is 1.34. The topological polar surface area (TPSA) is 56.7 Å². The molecule has 5 nitrogen and oxygen atoms in total. The molecule has 1 spiro atoms. The Morgan fingerprint density at radius 3 is 2.90 bits per heavy atom. The number of likely N-dealkylation sites (tertiary alicyclic amines) is 1. The van der Waals surface area contributed by atoms with Gasteiger partial charge in [0.1, 0.15) is 5.82 Å². The second-order valence-corrected chi connectivity index (χ2v) is 6.17. The summed E-state index contributed by atoms with van der Waals surface area (Å²) in [5.74, 6) is 1.03. The third kappa shape index (κ3) is 2.44. The molecule has 1 amide bonds. The summed E-state index contributed by atoms with van der Waals surface area (Å²) in [6, 6.07) is 4.12. The molecule has 1 aromatic heterocycles. The van der Waals surface area contributed by atoms with Crippen molar-refractivity contribution in [3.63, 3.8) is 0 Å². The van der Waals surface area contributed by atoms with Crippen LogP contribution in [0.3, 0.4) is 0 Å². The number of hydrogen-bond donors (Lipinski definition) is 1. The Morgan fingerprint density at radius 2 is 2.20 bits per heavy atom. The summed E-state index contributed by atoms with van der Waals surface area (Å²) >= 11 is 0. The molecule has 2 saturated heterocycles. The molecule has 0 bridgehead atoms. The van der Waals surface area contributed by atoms with Crippen molar-refractivity contribution in [3.8, 4) is 0 Å². The van der Waals surface area contributed by atoms with Crippen LogP contribution in [-0.2, 0) is 0 Å². The summed E-state index contributed by atoms with van der Waals surface area (Å²) < 4.78 is 0. The summed E-state index contributed by atoms with van der Waals surface area (Å²) in [6.07, 6.45) is 4.28. The monoisotopic (exact) mass is 275 g/mol. The van der Waals surface area contributed by atoms with Crippen molar-refractivity contribution in [2.75, 3.05) is 31.1 Å². The molecule has 0 aromatic carbocycles. The Labute approximate surface area is 119 Å². The number of aryl methyl sites for hydroxylation is 1. The summed E-state index contributed by atoms with van der Waals surface area (Å²) in [4.78, 5) is 19.5. The fourth-order valence-electron chi connectivity index (χ4n) is 3.53. The molecule has 1 unspecified atom stereocenters. The van der Waals surface area contributed by atoms with Crippen LogP contribution >= 0.6 is 0 Å². The highest BCUT2D eigenvalue weighted by Gasteiger charge is 2.43. The van der Waals surface area contributed by atoms with Crippen LogP contribution in [0.1, 0.15) is 24.8 Å². The molecular weight excluding hydrogens is 254 g/mol. The zero-order chi connectivity index (χ0) is 14.2. The van der Waals surface area contributed by atoms with Crippen LogP contribution in [0.2, 0.25) is 0 Å². The van der Waals surface area contributed by atoms with Crippen molar-refractivity contribution in [1.29, 1.82) is 0 Å². The van der Waals surface area contributed by atoms with Crippen LogP contribution in [-0.4, -0.2) is 47.3 Å². The number of amides is 1. The number of carbonyl (C=O) groups is 1.